The zero-order valence-electron chi connectivity index (χ0n) is 14.6. The Kier molecular flexibility index (Phi) is 6.39. The molecule has 2 amide bonds. The number of halogens is 1. The first-order valence-corrected chi connectivity index (χ1v) is 9.37. The van der Waals surface area contributed by atoms with Crippen LogP contribution in [0.15, 0.2) is 89.4 Å². The molecule has 0 aliphatic carbocycles. The Bertz CT molecular complexity index is 897. The average Bonchev–Trinajstić information content (AvgIpc) is 2.70. The van der Waals surface area contributed by atoms with Gasteiger partial charge in [0.2, 0.25) is 5.91 Å². The molecule has 3 rings (SSSR count). The van der Waals surface area contributed by atoms with Crippen molar-refractivity contribution in [3.8, 4) is 0 Å². The van der Waals surface area contributed by atoms with Crippen molar-refractivity contribution in [1.82, 2.24) is 5.32 Å². The molecule has 3 aromatic rings. The highest BCUT2D eigenvalue weighted by Crippen LogP contribution is 2.20. The van der Waals surface area contributed by atoms with E-state index < -0.39 is 6.04 Å². The van der Waals surface area contributed by atoms with Gasteiger partial charge >= 0.3 is 0 Å². The van der Waals surface area contributed by atoms with Crippen molar-refractivity contribution < 1.29 is 9.59 Å². The van der Waals surface area contributed by atoms with Gasteiger partial charge in [0.15, 0.2) is 0 Å². The van der Waals surface area contributed by atoms with Crippen molar-refractivity contribution >= 4 is 33.4 Å². The van der Waals surface area contributed by atoms with E-state index in [0.29, 0.717) is 11.3 Å². The standard InChI is InChI=1S/C22H19BrN2O2/c23-18-11-13-19(14-12-18)24-21(26)15-20(16-7-3-1-4-8-16)25-22(27)17-9-5-2-6-10-17/h1-14,20H,15H2,(H,24,26)(H,25,27). The van der Waals surface area contributed by atoms with Crippen LogP contribution in [0.1, 0.15) is 28.4 Å². The first-order chi connectivity index (χ1) is 13.1. The zero-order chi connectivity index (χ0) is 19.1. The van der Waals surface area contributed by atoms with Gasteiger partial charge in [0.05, 0.1) is 12.5 Å². The van der Waals surface area contributed by atoms with Crippen LogP contribution in [0.4, 0.5) is 5.69 Å². The van der Waals surface area contributed by atoms with Crippen LogP contribution in [0.3, 0.4) is 0 Å². The summed E-state index contributed by atoms with van der Waals surface area (Å²) >= 11 is 3.37. The number of rotatable bonds is 6. The molecule has 0 aliphatic heterocycles. The van der Waals surface area contributed by atoms with Gasteiger partial charge in [-0.15, -0.1) is 0 Å². The van der Waals surface area contributed by atoms with Gasteiger partial charge in [-0.1, -0.05) is 64.5 Å². The molecule has 0 fully saturated rings. The van der Waals surface area contributed by atoms with Crippen LogP contribution in [0.25, 0.3) is 0 Å². The van der Waals surface area contributed by atoms with Crippen LogP contribution in [0.5, 0.6) is 0 Å². The lowest BCUT2D eigenvalue weighted by atomic mass is 10.0. The molecule has 0 bridgehead atoms. The largest absolute Gasteiger partial charge is 0.345 e. The highest BCUT2D eigenvalue weighted by molar-refractivity contribution is 9.10. The number of nitrogens with one attached hydrogen (secondary N) is 2. The molecule has 27 heavy (non-hydrogen) atoms. The molecule has 0 aliphatic rings. The van der Waals surface area contributed by atoms with Crippen molar-refractivity contribution in [2.75, 3.05) is 5.32 Å². The minimum absolute atomic E-state index is 0.138. The summed E-state index contributed by atoms with van der Waals surface area (Å²) in [4.78, 5) is 25.1. The third-order valence-electron chi connectivity index (χ3n) is 4.06. The average molecular weight is 423 g/mol. The van der Waals surface area contributed by atoms with Gasteiger partial charge in [0, 0.05) is 15.7 Å². The van der Waals surface area contributed by atoms with E-state index in [1.807, 2.05) is 72.8 Å². The topological polar surface area (TPSA) is 58.2 Å². The molecule has 0 radical (unpaired) electrons. The van der Waals surface area contributed by atoms with E-state index in [4.69, 9.17) is 0 Å². The van der Waals surface area contributed by atoms with Crippen LogP contribution in [-0.4, -0.2) is 11.8 Å². The zero-order valence-corrected chi connectivity index (χ0v) is 16.1. The molecule has 0 saturated carbocycles. The summed E-state index contributed by atoms with van der Waals surface area (Å²) < 4.78 is 0.942. The molecule has 1 atom stereocenters. The summed E-state index contributed by atoms with van der Waals surface area (Å²) in [6.45, 7) is 0. The Morgan fingerprint density at radius 2 is 1.41 bits per heavy atom. The van der Waals surface area contributed by atoms with E-state index in [1.165, 1.54) is 0 Å². The number of anilines is 1. The molecular formula is C22H19BrN2O2. The van der Waals surface area contributed by atoms with Crippen LogP contribution < -0.4 is 10.6 Å². The molecule has 136 valence electrons. The predicted molar refractivity (Wildman–Crippen MR) is 110 cm³/mol. The number of carbonyl (C=O) groups excluding carboxylic acids is 2. The lowest BCUT2D eigenvalue weighted by molar-refractivity contribution is -0.116. The third-order valence-corrected chi connectivity index (χ3v) is 4.59. The SMILES string of the molecule is O=C(CC(NC(=O)c1ccccc1)c1ccccc1)Nc1ccc(Br)cc1. The van der Waals surface area contributed by atoms with Gasteiger partial charge in [0.25, 0.3) is 5.91 Å². The smallest absolute Gasteiger partial charge is 0.251 e. The van der Waals surface area contributed by atoms with Gasteiger partial charge in [-0.25, -0.2) is 0 Å². The lowest BCUT2D eigenvalue weighted by Gasteiger charge is -2.19. The van der Waals surface area contributed by atoms with E-state index in [-0.39, 0.29) is 18.2 Å². The predicted octanol–water partition coefficient (Wildman–Crippen LogP) is 4.95. The van der Waals surface area contributed by atoms with Crippen molar-refractivity contribution in [1.29, 1.82) is 0 Å². The fourth-order valence-corrected chi connectivity index (χ4v) is 2.96. The monoisotopic (exact) mass is 422 g/mol. The van der Waals surface area contributed by atoms with Gasteiger partial charge in [0.1, 0.15) is 0 Å². The third kappa shape index (κ3) is 5.53. The second kappa shape index (κ2) is 9.14. The maximum Gasteiger partial charge on any atom is 0.251 e. The van der Waals surface area contributed by atoms with E-state index in [0.717, 1.165) is 10.0 Å². The Morgan fingerprint density at radius 1 is 0.815 bits per heavy atom. The van der Waals surface area contributed by atoms with Crippen LogP contribution in [-0.2, 0) is 4.79 Å². The fraction of sp³-hybridized carbons (Fsp3) is 0.0909. The maximum atomic E-state index is 12.6. The van der Waals surface area contributed by atoms with Gasteiger partial charge < -0.3 is 10.6 Å². The summed E-state index contributed by atoms with van der Waals surface area (Å²) in [5.41, 5.74) is 2.16. The second-order valence-corrected chi connectivity index (χ2v) is 6.98. The fourth-order valence-electron chi connectivity index (χ4n) is 2.70. The van der Waals surface area contributed by atoms with Crippen LogP contribution in [0.2, 0.25) is 0 Å². The number of amides is 2. The number of hydrogen-bond acceptors (Lipinski definition) is 2. The van der Waals surface area contributed by atoms with E-state index in [9.17, 15) is 9.59 Å². The summed E-state index contributed by atoms with van der Waals surface area (Å²) in [6.07, 6.45) is 0.138. The molecule has 3 aromatic carbocycles. The van der Waals surface area contributed by atoms with Crippen molar-refractivity contribution in [2.24, 2.45) is 0 Å². The number of carbonyl (C=O) groups is 2. The molecule has 0 spiro atoms. The Labute approximate surface area is 166 Å². The minimum Gasteiger partial charge on any atom is -0.345 e. The second-order valence-electron chi connectivity index (χ2n) is 6.06. The van der Waals surface area contributed by atoms with Gasteiger partial charge in [-0.05, 0) is 42.0 Å². The van der Waals surface area contributed by atoms with E-state index in [1.54, 1.807) is 12.1 Å². The van der Waals surface area contributed by atoms with Crippen LogP contribution >= 0.6 is 15.9 Å². The summed E-state index contributed by atoms with van der Waals surface area (Å²) in [5.74, 6) is -0.375. The quantitative estimate of drug-likeness (QED) is 0.590. The normalized spacial score (nSPS) is 11.4. The number of benzene rings is 3. The van der Waals surface area contributed by atoms with Crippen molar-refractivity contribution in [2.45, 2.75) is 12.5 Å². The molecule has 0 aromatic heterocycles. The molecule has 0 heterocycles. The van der Waals surface area contributed by atoms with Crippen molar-refractivity contribution in [3.05, 3.63) is 101 Å². The first-order valence-electron chi connectivity index (χ1n) is 8.58. The molecule has 2 N–H and O–H groups in total. The molecule has 5 heteroatoms. The Balaban J connectivity index is 1.73. The van der Waals surface area contributed by atoms with Crippen molar-refractivity contribution in [3.63, 3.8) is 0 Å². The van der Waals surface area contributed by atoms with E-state index in [2.05, 4.69) is 26.6 Å². The summed E-state index contributed by atoms with van der Waals surface area (Å²) in [7, 11) is 0. The van der Waals surface area contributed by atoms with Crippen LogP contribution in [0, 0.1) is 0 Å². The molecule has 1 unspecified atom stereocenters. The Morgan fingerprint density at radius 3 is 2.04 bits per heavy atom. The maximum absolute atomic E-state index is 12.6. The molecule has 0 saturated heterocycles. The molecular weight excluding hydrogens is 404 g/mol. The van der Waals surface area contributed by atoms with E-state index >= 15 is 0 Å². The lowest BCUT2D eigenvalue weighted by Crippen LogP contribution is -2.31. The van der Waals surface area contributed by atoms with Gasteiger partial charge in [-0.2, -0.15) is 0 Å². The highest BCUT2D eigenvalue weighted by Gasteiger charge is 2.19. The molecule has 4 nitrogen and oxygen atoms in total. The number of hydrogen-bond donors (Lipinski definition) is 2. The summed E-state index contributed by atoms with van der Waals surface area (Å²) in [6, 6.07) is 25.4. The Hall–Kier alpha value is -2.92. The first kappa shape index (κ1) is 18.9. The summed E-state index contributed by atoms with van der Waals surface area (Å²) in [5, 5.41) is 5.84. The minimum atomic E-state index is -0.422. The highest BCUT2D eigenvalue weighted by atomic mass is 79.9. The van der Waals surface area contributed by atoms with Gasteiger partial charge in [-0.3, -0.25) is 9.59 Å².